The number of amides is 1. The number of carbonyl (C=O) groups excluding carboxylic acids is 1. The first-order chi connectivity index (χ1) is 12.9. The Hall–Kier alpha value is -2.92. The van der Waals surface area contributed by atoms with Crippen LogP contribution in [0.4, 0.5) is 10.1 Å². The van der Waals surface area contributed by atoms with Gasteiger partial charge in [0.15, 0.2) is 0 Å². The van der Waals surface area contributed by atoms with Gasteiger partial charge >= 0.3 is 0 Å². The van der Waals surface area contributed by atoms with Crippen LogP contribution in [0.1, 0.15) is 30.5 Å². The summed E-state index contributed by atoms with van der Waals surface area (Å²) in [4.78, 5) is 12.6. The smallest absolute Gasteiger partial charge is 0.260 e. The summed E-state index contributed by atoms with van der Waals surface area (Å²) in [7, 11) is 0. The number of nitrogens with one attached hydrogen (secondary N) is 1. The summed E-state index contributed by atoms with van der Waals surface area (Å²) in [5, 5.41) is 6.95. The van der Waals surface area contributed by atoms with E-state index in [-0.39, 0.29) is 11.7 Å². The molecule has 2 aliphatic heterocycles. The van der Waals surface area contributed by atoms with Crippen LogP contribution in [0.2, 0.25) is 0 Å². The van der Waals surface area contributed by atoms with E-state index in [4.69, 9.17) is 4.74 Å². The topological polar surface area (TPSA) is 38.3 Å². The van der Waals surface area contributed by atoms with E-state index in [0.717, 1.165) is 22.3 Å². The highest BCUT2D eigenvalue weighted by Gasteiger charge is 2.40. The molecule has 0 bridgehead atoms. The summed E-state index contributed by atoms with van der Waals surface area (Å²) in [6.07, 6.45) is 0. The Bertz CT molecular complexity index is 1130. The molecule has 3 heterocycles. The number of anilines is 1. The fourth-order valence-corrected chi connectivity index (χ4v) is 4.43. The number of ether oxygens (including phenoxy) is 1. The van der Waals surface area contributed by atoms with Crippen LogP contribution in [0.25, 0.3) is 22.5 Å². The van der Waals surface area contributed by atoms with Crippen LogP contribution in [-0.4, -0.2) is 5.91 Å². The third-order valence-corrected chi connectivity index (χ3v) is 5.76. The van der Waals surface area contributed by atoms with Crippen LogP contribution < -0.4 is 5.32 Å². The van der Waals surface area contributed by atoms with Gasteiger partial charge < -0.3 is 10.1 Å². The zero-order valence-electron chi connectivity index (χ0n) is 14.8. The van der Waals surface area contributed by atoms with Gasteiger partial charge in [0.2, 0.25) is 0 Å². The molecule has 3 nitrogen and oxygen atoms in total. The molecule has 134 valence electrons. The quantitative estimate of drug-likeness (QED) is 0.557. The summed E-state index contributed by atoms with van der Waals surface area (Å²) in [5.74, 6) is -0.140. The fourth-order valence-electron chi connectivity index (χ4n) is 3.76. The lowest BCUT2D eigenvalue weighted by Gasteiger charge is -2.20. The van der Waals surface area contributed by atoms with E-state index in [2.05, 4.69) is 22.8 Å². The second-order valence-electron chi connectivity index (χ2n) is 7.23. The average Bonchev–Trinajstić information content (AvgIpc) is 3.32. The van der Waals surface area contributed by atoms with Crippen molar-refractivity contribution in [3.8, 4) is 11.1 Å². The predicted molar refractivity (Wildman–Crippen MR) is 106 cm³/mol. The SMILES string of the molecule is CC1(C)OC(=C2C(=O)Nc3ccc(F)cc32)c2ccc(-c3ccsc3)cc21. The number of thiophene rings is 1. The highest BCUT2D eigenvalue weighted by molar-refractivity contribution is 7.08. The zero-order chi connectivity index (χ0) is 18.8. The second kappa shape index (κ2) is 5.54. The van der Waals surface area contributed by atoms with Crippen molar-refractivity contribution in [1.82, 2.24) is 0 Å². The molecule has 2 aromatic carbocycles. The maximum absolute atomic E-state index is 13.8. The largest absolute Gasteiger partial charge is 0.482 e. The molecular weight excluding hydrogens is 361 g/mol. The summed E-state index contributed by atoms with van der Waals surface area (Å²) in [6, 6.07) is 12.5. The van der Waals surface area contributed by atoms with E-state index in [0.29, 0.717) is 22.6 Å². The van der Waals surface area contributed by atoms with E-state index in [1.165, 1.54) is 12.1 Å². The van der Waals surface area contributed by atoms with Crippen molar-refractivity contribution in [1.29, 1.82) is 0 Å². The van der Waals surface area contributed by atoms with E-state index >= 15 is 0 Å². The minimum Gasteiger partial charge on any atom is -0.482 e. The Morgan fingerprint density at radius 3 is 2.67 bits per heavy atom. The number of benzene rings is 2. The molecular formula is C22H16FNO2S. The second-order valence-corrected chi connectivity index (χ2v) is 8.01. The maximum Gasteiger partial charge on any atom is 0.260 e. The number of hydrogen-bond donors (Lipinski definition) is 1. The zero-order valence-corrected chi connectivity index (χ0v) is 15.6. The van der Waals surface area contributed by atoms with Crippen molar-refractivity contribution in [2.75, 3.05) is 5.32 Å². The third-order valence-electron chi connectivity index (χ3n) is 5.08. The van der Waals surface area contributed by atoms with Crippen LogP contribution in [0.3, 0.4) is 0 Å². The van der Waals surface area contributed by atoms with Crippen molar-refractivity contribution in [3.05, 3.63) is 75.7 Å². The van der Waals surface area contributed by atoms with Crippen molar-refractivity contribution in [2.24, 2.45) is 0 Å². The molecule has 0 radical (unpaired) electrons. The molecule has 0 saturated carbocycles. The highest BCUT2D eigenvalue weighted by atomic mass is 32.1. The van der Waals surface area contributed by atoms with Gasteiger partial charge in [-0.2, -0.15) is 11.3 Å². The molecule has 0 unspecified atom stereocenters. The van der Waals surface area contributed by atoms with Gasteiger partial charge in [0.05, 0.1) is 5.57 Å². The molecule has 2 aliphatic rings. The normalized spacial score (nSPS) is 19.4. The fraction of sp³-hybridized carbons (Fsp3) is 0.136. The number of rotatable bonds is 1. The maximum atomic E-state index is 13.8. The van der Waals surface area contributed by atoms with Crippen molar-refractivity contribution < 1.29 is 13.9 Å². The Labute approximate surface area is 160 Å². The molecule has 0 aliphatic carbocycles. The summed E-state index contributed by atoms with van der Waals surface area (Å²) >= 11 is 1.65. The van der Waals surface area contributed by atoms with Crippen LogP contribution in [0.5, 0.6) is 0 Å². The summed E-state index contributed by atoms with van der Waals surface area (Å²) < 4.78 is 20.0. The Morgan fingerprint density at radius 2 is 1.89 bits per heavy atom. The molecule has 27 heavy (non-hydrogen) atoms. The van der Waals surface area contributed by atoms with Gasteiger partial charge in [0, 0.05) is 22.4 Å². The van der Waals surface area contributed by atoms with Gasteiger partial charge in [-0.15, -0.1) is 0 Å². The minimum absolute atomic E-state index is 0.267. The first kappa shape index (κ1) is 16.3. The monoisotopic (exact) mass is 377 g/mol. The van der Waals surface area contributed by atoms with E-state index in [9.17, 15) is 9.18 Å². The van der Waals surface area contributed by atoms with Crippen molar-refractivity contribution in [3.63, 3.8) is 0 Å². The van der Waals surface area contributed by atoms with Crippen molar-refractivity contribution in [2.45, 2.75) is 19.4 Å². The molecule has 0 fully saturated rings. The molecule has 5 rings (SSSR count). The molecule has 0 atom stereocenters. The average molecular weight is 377 g/mol. The van der Waals surface area contributed by atoms with E-state index in [1.807, 2.05) is 31.4 Å². The van der Waals surface area contributed by atoms with Crippen LogP contribution in [0.15, 0.2) is 53.2 Å². The molecule has 1 N–H and O–H groups in total. The van der Waals surface area contributed by atoms with Crippen LogP contribution in [-0.2, 0) is 15.1 Å². The third kappa shape index (κ3) is 2.42. The molecule has 0 saturated heterocycles. The molecule has 3 aromatic rings. The summed E-state index contributed by atoms with van der Waals surface area (Å²) in [5.41, 5.74) is 5.12. The minimum atomic E-state index is -0.583. The van der Waals surface area contributed by atoms with E-state index < -0.39 is 5.60 Å². The lowest BCUT2D eigenvalue weighted by Crippen LogP contribution is -2.15. The first-order valence-corrected chi connectivity index (χ1v) is 9.60. The van der Waals surface area contributed by atoms with Crippen LogP contribution >= 0.6 is 11.3 Å². The van der Waals surface area contributed by atoms with Gasteiger partial charge in [0.25, 0.3) is 5.91 Å². The van der Waals surface area contributed by atoms with Gasteiger partial charge in [-0.3, -0.25) is 4.79 Å². The Balaban J connectivity index is 1.73. The number of fused-ring (bicyclic) bond motifs is 2. The molecule has 5 heteroatoms. The van der Waals surface area contributed by atoms with Gasteiger partial charge in [0.1, 0.15) is 17.2 Å². The first-order valence-electron chi connectivity index (χ1n) is 8.66. The number of carbonyl (C=O) groups is 1. The van der Waals surface area contributed by atoms with Gasteiger partial charge in [-0.05, 0) is 66.1 Å². The summed E-state index contributed by atoms with van der Waals surface area (Å²) in [6.45, 7) is 3.96. The lowest BCUT2D eigenvalue weighted by atomic mass is 9.91. The van der Waals surface area contributed by atoms with Gasteiger partial charge in [-0.25, -0.2) is 4.39 Å². The number of hydrogen-bond acceptors (Lipinski definition) is 3. The molecule has 0 spiro atoms. The molecule has 1 amide bonds. The van der Waals surface area contributed by atoms with Crippen molar-refractivity contribution >= 4 is 34.3 Å². The Morgan fingerprint density at radius 1 is 1.04 bits per heavy atom. The lowest BCUT2D eigenvalue weighted by molar-refractivity contribution is -0.110. The predicted octanol–water partition coefficient (Wildman–Crippen LogP) is 5.64. The standard InChI is InChI=1S/C22H16FNO2S/c1-22(2)17-9-12(13-7-8-27-11-13)3-5-15(17)20(26-22)19-16-10-14(23)4-6-18(16)24-21(19)25/h3-11H,1-2H3,(H,24,25). The number of halogens is 1. The van der Waals surface area contributed by atoms with Gasteiger partial charge in [-0.1, -0.05) is 12.1 Å². The van der Waals surface area contributed by atoms with Crippen LogP contribution in [0, 0.1) is 5.82 Å². The Kier molecular flexibility index (Phi) is 3.34. The molecule has 1 aromatic heterocycles. The highest BCUT2D eigenvalue weighted by Crippen LogP contribution is 2.49. The van der Waals surface area contributed by atoms with E-state index in [1.54, 1.807) is 17.4 Å².